The van der Waals surface area contributed by atoms with Gasteiger partial charge in [0.25, 0.3) is 0 Å². The van der Waals surface area contributed by atoms with Crippen LogP contribution in [0.1, 0.15) is 54.7 Å². The summed E-state index contributed by atoms with van der Waals surface area (Å²) in [6.45, 7) is 12.8. The van der Waals surface area contributed by atoms with E-state index < -0.39 is 0 Å². The number of aryl methyl sites for hydroxylation is 2. The van der Waals surface area contributed by atoms with E-state index in [2.05, 4.69) is 53.7 Å². The molecule has 1 aromatic rings. The Morgan fingerprint density at radius 2 is 1.61 bits per heavy atom. The van der Waals surface area contributed by atoms with E-state index in [1.807, 2.05) is 0 Å². The average molecular weight is 257 g/mol. The maximum absolute atomic E-state index is 12.1. The Bertz CT molecular complexity index is 410. The maximum Gasteiger partial charge on any atom is 0.181 e. The topological polar surface area (TPSA) is 17.1 Å². The fourth-order valence-corrected chi connectivity index (χ4v) is 2.90. The number of hydrogen-bond donors (Lipinski definition) is 0. The van der Waals surface area contributed by atoms with Crippen LogP contribution in [0.3, 0.4) is 0 Å². The van der Waals surface area contributed by atoms with Crippen molar-refractivity contribution in [1.82, 2.24) is 0 Å². The molecule has 1 aromatic carbocycles. The predicted octanol–water partition coefficient (Wildman–Crippen LogP) is 4.06. The number of hydrogen-bond acceptors (Lipinski definition) is 1. The third-order valence-corrected chi connectivity index (χ3v) is 3.89. The fraction of sp³-hybridized carbons (Fsp3) is 0.533. The molecule has 0 spiro atoms. The van der Waals surface area contributed by atoms with Crippen molar-refractivity contribution < 1.29 is 4.79 Å². The van der Waals surface area contributed by atoms with Crippen LogP contribution in [0.25, 0.3) is 0 Å². The second-order valence-electron chi connectivity index (χ2n) is 5.59. The van der Waals surface area contributed by atoms with Crippen LogP contribution in [0.15, 0.2) is 12.1 Å². The van der Waals surface area contributed by atoms with Gasteiger partial charge in [-0.15, -0.1) is 0 Å². The minimum atomic E-state index is 0. The molecule has 1 atom stereocenters. The summed E-state index contributed by atoms with van der Waals surface area (Å²) in [5.41, 5.74) is 4.95. The summed E-state index contributed by atoms with van der Waals surface area (Å²) in [6, 6.07) is 4.33. The van der Waals surface area contributed by atoms with Crippen LogP contribution >= 0.6 is 8.58 Å². The standard InChI is InChI=1S/C15H23OP.Li/c1-7-17-14(16)13-10(2)8-12(9-11(13)3)15(4,5)6;/h8-9,17H,7H2,1-6H3;. The molecule has 0 aromatic heterocycles. The zero-order valence-electron chi connectivity index (χ0n) is 12.8. The van der Waals surface area contributed by atoms with E-state index >= 15 is 0 Å². The average Bonchev–Trinajstić information content (AvgIpc) is 2.15. The van der Waals surface area contributed by atoms with E-state index in [4.69, 9.17) is 0 Å². The molecule has 3 heteroatoms. The first-order chi connectivity index (χ1) is 7.77. The van der Waals surface area contributed by atoms with E-state index in [1.165, 1.54) is 5.56 Å². The van der Waals surface area contributed by atoms with E-state index in [0.717, 1.165) is 22.9 Å². The van der Waals surface area contributed by atoms with Gasteiger partial charge in [-0.25, -0.2) is 0 Å². The predicted molar refractivity (Wildman–Crippen MR) is 83.6 cm³/mol. The van der Waals surface area contributed by atoms with Crippen LogP contribution in [-0.4, -0.2) is 30.5 Å². The molecule has 1 radical (unpaired) electrons. The van der Waals surface area contributed by atoms with Crippen molar-refractivity contribution in [2.24, 2.45) is 0 Å². The van der Waals surface area contributed by atoms with Crippen LogP contribution in [0.5, 0.6) is 0 Å². The van der Waals surface area contributed by atoms with Crippen LogP contribution in [0.4, 0.5) is 0 Å². The first kappa shape index (κ1) is 17.9. The largest absolute Gasteiger partial charge is 0.289 e. The Balaban J connectivity index is 0.00000289. The van der Waals surface area contributed by atoms with Gasteiger partial charge in [0.05, 0.1) is 0 Å². The molecule has 18 heavy (non-hydrogen) atoms. The SMILES string of the molecule is CCPC(=O)c1c(C)cc(C(C)(C)C)cc1C.[Li]. The molecular weight excluding hydrogens is 234 g/mol. The van der Waals surface area contributed by atoms with Crippen molar-refractivity contribution in [2.45, 2.75) is 47.0 Å². The summed E-state index contributed by atoms with van der Waals surface area (Å²) < 4.78 is 0. The second-order valence-corrected chi connectivity index (χ2v) is 7.11. The summed E-state index contributed by atoms with van der Waals surface area (Å²) >= 11 is 0. The number of carbonyl (C=O) groups excluding carboxylic acids is 1. The van der Waals surface area contributed by atoms with Crippen molar-refractivity contribution in [3.8, 4) is 0 Å². The van der Waals surface area contributed by atoms with Gasteiger partial charge in [0, 0.05) is 24.4 Å². The fourth-order valence-electron chi connectivity index (χ4n) is 2.00. The Kier molecular flexibility index (Phi) is 6.87. The first-order valence-corrected chi connectivity index (χ1v) is 7.38. The van der Waals surface area contributed by atoms with Gasteiger partial charge >= 0.3 is 0 Å². The van der Waals surface area contributed by atoms with Crippen LogP contribution in [0.2, 0.25) is 0 Å². The Morgan fingerprint density at radius 1 is 1.17 bits per heavy atom. The number of carbonyl (C=O) groups is 1. The quantitative estimate of drug-likeness (QED) is 0.589. The van der Waals surface area contributed by atoms with Crippen molar-refractivity contribution in [3.05, 3.63) is 34.4 Å². The first-order valence-electron chi connectivity index (χ1n) is 6.17. The van der Waals surface area contributed by atoms with Crippen LogP contribution < -0.4 is 0 Å². The third kappa shape index (κ3) is 4.24. The monoisotopic (exact) mass is 257 g/mol. The Hall–Kier alpha value is -0.0826. The van der Waals surface area contributed by atoms with Crippen molar-refractivity contribution in [2.75, 3.05) is 6.16 Å². The molecule has 0 aliphatic carbocycles. The molecule has 0 amide bonds. The normalized spacial score (nSPS) is 11.7. The smallest absolute Gasteiger partial charge is 0.181 e. The molecule has 1 nitrogen and oxygen atoms in total. The molecule has 0 aliphatic heterocycles. The molecule has 0 fully saturated rings. The molecule has 0 heterocycles. The number of benzene rings is 1. The van der Waals surface area contributed by atoms with Gasteiger partial charge in [0.2, 0.25) is 0 Å². The summed E-state index contributed by atoms with van der Waals surface area (Å²) in [4.78, 5) is 12.1. The second kappa shape index (κ2) is 6.90. The molecule has 0 saturated heterocycles. The number of rotatable bonds is 3. The molecule has 0 N–H and O–H groups in total. The van der Waals surface area contributed by atoms with Crippen molar-refractivity contribution in [1.29, 1.82) is 0 Å². The summed E-state index contributed by atoms with van der Waals surface area (Å²) in [5, 5.41) is 0. The molecular formula is C15H23LiOP. The minimum Gasteiger partial charge on any atom is -0.289 e. The summed E-state index contributed by atoms with van der Waals surface area (Å²) in [6.07, 6.45) is 0.943. The zero-order chi connectivity index (χ0) is 13.2. The molecule has 1 unspecified atom stereocenters. The zero-order valence-corrected chi connectivity index (χ0v) is 13.8. The third-order valence-electron chi connectivity index (χ3n) is 2.96. The van der Waals surface area contributed by atoms with Gasteiger partial charge in [0.1, 0.15) is 0 Å². The summed E-state index contributed by atoms with van der Waals surface area (Å²) in [5.74, 6) is 0. The van der Waals surface area contributed by atoms with E-state index in [1.54, 1.807) is 0 Å². The van der Waals surface area contributed by atoms with Gasteiger partial charge in [-0.2, -0.15) is 0 Å². The van der Waals surface area contributed by atoms with Crippen molar-refractivity contribution >= 4 is 33.0 Å². The molecule has 95 valence electrons. The van der Waals surface area contributed by atoms with Crippen molar-refractivity contribution in [3.63, 3.8) is 0 Å². The Morgan fingerprint density at radius 3 is 1.94 bits per heavy atom. The van der Waals surface area contributed by atoms with E-state index in [9.17, 15) is 4.79 Å². The molecule has 1 rings (SSSR count). The Labute approximate surface area is 125 Å². The van der Waals surface area contributed by atoms with Crippen LogP contribution in [0, 0.1) is 13.8 Å². The van der Waals surface area contributed by atoms with Crippen LogP contribution in [-0.2, 0) is 5.41 Å². The van der Waals surface area contributed by atoms with E-state index in [-0.39, 0.29) is 24.3 Å². The molecule has 0 aliphatic rings. The van der Waals surface area contributed by atoms with Gasteiger partial charge in [-0.1, -0.05) is 39.8 Å². The van der Waals surface area contributed by atoms with Gasteiger partial charge in [-0.3, -0.25) is 4.79 Å². The van der Waals surface area contributed by atoms with Gasteiger partial charge < -0.3 is 0 Å². The molecule has 0 bridgehead atoms. The summed E-state index contributed by atoms with van der Waals surface area (Å²) in [7, 11) is 0.403. The maximum atomic E-state index is 12.1. The van der Waals surface area contributed by atoms with Gasteiger partial charge in [-0.05, 0) is 50.7 Å². The van der Waals surface area contributed by atoms with Gasteiger partial charge in [0.15, 0.2) is 5.52 Å². The molecule has 0 saturated carbocycles. The van der Waals surface area contributed by atoms with E-state index in [0.29, 0.717) is 14.1 Å². The minimum absolute atomic E-state index is 0.